The highest BCUT2D eigenvalue weighted by atomic mass is 32.1. The van der Waals surface area contributed by atoms with Gasteiger partial charge in [-0.25, -0.2) is 9.97 Å². The van der Waals surface area contributed by atoms with E-state index in [4.69, 9.17) is 9.97 Å². The molecular formula is C22H18N2S. The number of nitrogens with zero attached hydrogens (tertiary/aromatic N) is 2. The summed E-state index contributed by atoms with van der Waals surface area (Å²) in [4.78, 5) is 10.1. The molecular weight excluding hydrogens is 324 g/mol. The average Bonchev–Trinajstić information content (AvgIpc) is 3.13. The lowest BCUT2D eigenvalue weighted by molar-refractivity contribution is 1.16. The molecule has 2 nitrogen and oxygen atoms in total. The van der Waals surface area contributed by atoms with Crippen LogP contribution in [0.25, 0.3) is 43.6 Å². The molecule has 0 aliphatic heterocycles. The molecule has 2 heterocycles. The van der Waals surface area contributed by atoms with Gasteiger partial charge in [0.2, 0.25) is 0 Å². The Hall–Kier alpha value is -2.52. The summed E-state index contributed by atoms with van der Waals surface area (Å²) in [6.07, 6.45) is 1.99. The summed E-state index contributed by atoms with van der Waals surface area (Å²) in [7, 11) is 0. The summed E-state index contributed by atoms with van der Waals surface area (Å²) in [5.74, 6) is 0. The molecule has 0 spiro atoms. The van der Waals surface area contributed by atoms with Crippen LogP contribution in [0.1, 0.15) is 25.0 Å². The monoisotopic (exact) mass is 342 g/mol. The predicted molar refractivity (Wildman–Crippen MR) is 109 cm³/mol. The molecule has 0 unspecified atom stereocenters. The molecule has 0 saturated heterocycles. The van der Waals surface area contributed by atoms with Crippen LogP contribution >= 0.6 is 11.3 Å². The summed E-state index contributed by atoms with van der Waals surface area (Å²) < 4.78 is 0. The first-order valence-corrected chi connectivity index (χ1v) is 9.75. The molecule has 25 heavy (non-hydrogen) atoms. The van der Waals surface area contributed by atoms with E-state index in [0.717, 1.165) is 34.9 Å². The number of aromatic nitrogens is 2. The minimum atomic E-state index is 0.995. The number of benzene rings is 3. The average molecular weight is 342 g/mol. The van der Waals surface area contributed by atoms with Gasteiger partial charge in [0.05, 0.1) is 11.0 Å². The normalized spacial score (nSPS) is 11.9. The number of rotatable bonds is 2. The van der Waals surface area contributed by atoms with E-state index < -0.39 is 0 Å². The maximum atomic E-state index is 5.05. The summed E-state index contributed by atoms with van der Waals surface area (Å²) >= 11 is 1.67. The Kier molecular flexibility index (Phi) is 3.25. The van der Waals surface area contributed by atoms with Crippen molar-refractivity contribution in [1.82, 2.24) is 9.97 Å². The molecule has 0 N–H and O–H groups in total. The number of fused-ring (bicyclic) bond motifs is 7. The zero-order valence-corrected chi connectivity index (χ0v) is 15.2. The summed E-state index contributed by atoms with van der Waals surface area (Å²) in [5.41, 5.74) is 6.78. The second-order valence-corrected chi connectivity index (χ2v) is 7.19. The molecule has 0 aliphatic rings. The fourth-order valence-corrected chi connectivity index (χ4v) is 4.62. The lowest BCUT2D eigenvalue weighted by Crippen LogP contribution is -1.95. The van der Waals surface area contributed by atoms with E-state index in [-0.39, 0.29) is 0 Å². The van der Waals surface area contributed by atoms with Gasteiger partial charge in [-0.15, -0.1) is 11.3 Å². The summed E-state index contributed by atoms with van der Waals surface area (Å²) in [6, 6.07) is 13.2. The lowest BCUT2D eigenvalue weighted by Gasteiger charge is -2.14. The molecule has 5 rings (SSSR count). The third-order valence-corrected chi connectivity index (χ3v) is 5.86. The second-order valence-electron chi connectivity index (χ2n) is 6.45. The molecule has 2 aromatic heterocycles. The van der Waals surface area contributed by atoms with Gasteiger partial charge in [0.25, 0.3) is 0 Å². The Bertz CT molecular complexity index is 1170. The first-order chi connectivity index (χ1) is 12.3. The molecule has 0 saturated carbocycles. The van der Waals surface area contributed by atoms with Crippen LogP contribution in [0.15, 0.2) is 47.2 Å². The Morgan fingerprint density at radius 3 is 1.64 bits per heavy atom. The van der Waals surface area contributed by atoms with Crippen molar-refractivity contribution >= 4 is 54.9 Å². The van der Waals surface area contributed by atoms with E-state index in [0.29, 0.717) is 0 Å². The number of hydrogen-bond donors (Lipinski definition) is 0. The number of aryl methyl sites for hydroxylation is 2. The van der Waals surface area contributed by atoms with Crippen molar-refractivity contribution in [2.45, 2.75) is 26.7 Å². The van der Waals surface area contributed by atoms with Crippen LogP contribution < -0.4 is 0 Å². The summed E-state index contributed by atoms with van der Waals surface area (Å²) in [5, 5.41) is 9.31. The Balaban J connectivity index is 2.18. The minimum Gasteiger partial charge on any atom is -0.243 e. The van der Waals surface area contributed by atoms with Crippen LogP contribution in [0.4, 0.5) is 0 Å². The van der Waals surface area contributed by atoms with E-state index in [9.17, 15) is 0 Å². The Morgan fingerprint density at radius 1 is 0.720 bits per heavy atom. The first-order valence-electron chi connectivity index (χ1n) is 8.80. The van der Waals surface area contributed by atoms with Crippen molar-refractivity contribution in [3.8, 4) is 0 Å². The van der Waals surface area contributed by atoms with E-state index in [1.54, 1.807) is 11.3 Å². The molecule has 0 bridgehead atoms. The molecule has 0 amide bonds. The van der Waals surface area contributed by atoms with E-state index in [2.05, 4.69) is 61.0 Å². The van der Waals surface area contributed by atoms with E-state index >= 15 is 0 Å². The van der Waals surface area contributed by atoms with Gasteiger partial charge in [0.1, 0.15) is 11.0 Å². The molecule has 3 aromatic carbocycles. The molecule has 0 radical (unpaired) electrons. The third kappa shape index (κ3) is 2.02. The van der Waals surface area contributed by atoms with Crippen LogP contribution in [0, 0.1) is 0 Å². The molecule has 3 heteroatoms. The van der Waals surface area contributed by atoms with Gasteiger partial charge < -0.3 is 0 Å². The van der Waals surface area contributed by atoms with Crippen LogP contribution in [-0.4, -0.2) is 9.97 Å². The Morgan fingerprint density at radius 2 is 1.20 bits per heavy atom. The smallest absolute Gasteiger partial charge is 0.100 e. The van der Waals surface area contributed by atoms with Gasteiger partial charge in [-0.05, 0) is 34.7 Å². The van der Waals surface area contributed by atoms with Gasteiger partial charge >= 0.3 is 0 Å². The molecule has 0 fully saturated rings. The highest BCUT2D eigenvalue weighted by molar-refractivity contribution is 7.09. The standard InChI is InChI=1S/C22H18N2S/c1-3-13-7-5-9-15-16-10-6-8-14(4-2)20(16)22-21(19(13)15)23-17-11-25-12-18(17)24-22/h5-12H,3-4H2,1-2H3. The Labute approximate surface area is 150 Å². The third-order valence-electron chi connectivity index (χ3n) is 5.14. The maximum absolute atomic E-state index is 5.05. The van der Waals surface area contributed by atoms with Crippen LogP contribution in [0.3, 0.4) is 0 Å². The van der Waals surface area contributed by atoms with Crippen molar-refractivity contribution in [1.29, 1.82) is 0 Å². The van der Waals surface area contributed by atoms with Crippen LogP contribution in [0.2, 0.25) is 0 Å². The van der Waals surface area contributed by atoms with Gasteiger partial charge in [0, 0.05) is 21.5 Å². The fraction of sp³-hybridized carbons (Fsp3) is 0.182. The van der Waals surface area contributed by atoms with Crippen molar-refractivity contribution < 1.29 is 0 Å². The molecule has 0 aliphatic carbocycles. The second kappa shape index (κ2) is 5.50. The summed E-state index contributed by atoms with van der Waals surface area (Å²) in [6.45, 7) is 4.42. The van der Waals surface area contributed by atoms with Crippen molar-refractivity contribution in [3.05, 3.63) is 58.3 Å². The molecule has 0 atom stereocenters. The van der Waals surface area contributed by atoms with Crippen molar-refractivity contribution in [2.24, 2.45) is 0 Å². The topological polar surface area (TPSA) is 25.8 Å². The minimum absolute atomic E-state index is 0.995. The molecule has 122 valence electrons. The first kappa shape index (κ1) is 14.8. The SMILES string of the molecule is CCc1cccc2c3cccc(CC)c3c3nc4cscc4nc3c12. The van der Waals surface area contributed by atoms with Crippen molar-refractivity contribution in [2.75, 3.05) is 0 Å². The molecule has 5 aromatic rings. The number of hydrogen-bond acceptors (Lipinski definition) is 3. The van der Waals surface area contributed by atoms with Crippen LogP contribution in [-0.2, 0) is 12.8 Å². The number of thiophene rings is 1. The lowest BCUT2D eigenvalue weighted by atomic mass is 9.92. The maximum Gasteiger partial charge on any atom is 0.100 e. The highest BCUT2D eigenvalue weighted by Crippen LogP contribution is 2.38. The zero-order valence-electron chi connectivity index (χ0n) is 14.3. The quantitative estimate of drug-likeness (QED) is 0.353. The van der Waals surface area contributed by atoms with Gasteiger partial charge in [0.15, 0.2) is 0 Å². The predicted octanol–water partition coefficient (Wildman–Crippen LogP) is 6.28. The zero-order chi connectivity index (χ0) is 17.0. The van der Waals surface area contributed by atoms with Gasteiger partial charge in [-0.2, -0.15) is 0 Å². The highest BCUT2D eigenvalue weighted by Gasteiger charge is 2.16. The van der Waals surface area contributed by atoms with E-state index in [1.807, 2.05) is 0 Å². The van der Waals surface area contributed by atoms with E-state index in [1.165, 1.54) is 32.7 Å². The van der Waals surface area contributed by atoms with Gasteiger partial charge in [-0.3, -0.25) is 0 Å². The van der Waals surface area contributed by atoms with Crippen LogP contribution in [0.5, 0.6) is 0 Å². The van der Waals surface area contributed by atoms with Gasteiger partial charge in [-0.1, -0.05) is 50.2 Å². The van der Waals surface area contributed by atoms with Crippen molar-refractivity contribution in [3.63, 3.8) is 0 Å². The fourth-order valence-electron chi connectivity index (χ4n) is 3.94. The largest absolute Gasteiger partial charge is 0.243 e.